The Morgan fingerprint density at radius 2 is 2.31 bits per heavy atom. The van der Waals surface area contributed by atoms with Gasteiger partial charge < -0.3 is 5.73 Å². The first-order chi connectivity index (χ1) is 6.20. The van der Waals surface area contributed by atoms with Gasteiger partial charge in [0, 0.05) is 4.90 Å². The molecular formula is C10H10N2S. The van der Waals surface area contributed by atoms with Crippen molar-refractivity contribution in [3.8, 4) is 6.07 Å². The predicted molar refractivity (Wildman–Crippen MR) is 56.4 cm³/mol. The van der Waals surface area contributed by atoms with Crippen LogP contribution in [0.4, 0.5) is 5.69 Å². The number of thioether (sulfide) groups is 1. The number of nitrogens with zero attached hydrogens (tertiary/aromatic N) is 1. The smallest absolute Gasteiger partial charge is 0.101 e. The van der Waals surface area contributed by atoms with Crippen LogP contribution in [0.5, 0.6) is 0 Å². The lowest BCUT2D eigenvalue weighted by molar-refractivity contribution is 1.30. The Morgan fingerprint density at radius 3 is 2.85 bits per heavy atom. The van der Waals surface area contributed by atoms with Crippen LogP contribution in [0.1, 0.15) is 11.1 Å². The monoisotopic (exact) mass is 190 g/mol. The maximum atomic E-state index is 8.74. The van der Waals surface area contributed by atoms with E-state index < -0.39 is 0 Å². The summed E-state index contributed by atoms with van der Waals surface area (Å²) >= 11 is 1.45. The summed E-state index contributed by atoms with van der Waals surface area (Å²) in [4.78, 5) is 0.925. The number of nitrogens with two attached hydrogens (primary N) is 1. The highest BCUT2D eigenvalue weighted by molar-refractivity contribution is 8.02. The SMILES string of the molecule is C=CSc1c(C)ccc(C#N)c1N. The van der Waals surface area contributed by atoms with Gasteiger partial charge in [0.05, 0.1) is 11.3 Å². The van der Waals surface area contributed by atoms with Gasteiger partial charge in [0.15, 0.2) is 0 Å². The molecule has 0 radical (unpaired) electrons. The summed E-state index contributed by atoms with van der Waals surface area (Å²) in [5, 5.41) is 10.4. The predicted octanol–water partition coefficient (Wildman–Crippen LogP) is 2.68. The summed E-state index contributed by atoms with van der Waals surface area (Å²) in [5.74, 6) is 0. The molecule has 1 rings (SSSR count). The van der Waals surface area contributed by atoms with E-state index in [-0.39, 0.29) is 0 Å². The molecule has 3 heteroatoms. The van der Waals surface area contributed by atoms with Crippen LogP contribution in [0.3, 0.4) is 0 Å². The van der Waals surface area contributed by atoms with Gasteiger partial charge in [0.25, 0.3) is 0 Å². The van der Waals surface area contributed by atoms with Gasteiger partial charge in [-0.1, -0.05) is 24.4 Å². The van der Waals surface area contributed by atoms with E-state index in [0.29, 0.717) is 11.3 Å². The van der Waals surface area contributed by atoms with Crippen LogP contribution < -0.4 is 5.73 Å². The molecule has 0 saturated heterocycles. The number of anilines is 1. The van der Waals surface area contributed by atoms with E-state index in [2.05, 4.69) is 6.58 Å². The minimum atomic E-state index is 0.523. The van der Waals surface area contributed by atoms with Crippen LogP contribution in [-0.2, 0) is 0 Å². The van der Waals surface area contributed by atoms with Crippen LogP contribution >= 0.6 is 11.8 Å². The molecule has 0 atom stereocenters. The molecule has 0 heterocycles. The normalized spacial score (nSPS) is 9.23. The van der Waals surface area contributed by atoms with Crippen molar-refractivity contribution in [3.63, 3.8) is 0 Å². The fourth-order valence-corrected chi connectivity index (χ4v) is 1.70. The quantitative estimate of drug-likeness (QED) is 0.576. The molecule has 2 nitrogen and oxygen atoms in total. The first-order valence-electron chi connectivity index (χ1n) is 3.77. The van der Waals surface area contributed by atoms with Gasteiger partial charge in [-0.2, -0.15) is 5.26 Å². The van der Waals surface area contributed by atoms with Crippen LogP contribution in [0.15, 0.2) is 29.0 Å². The summed E-state index contributed by atoms with van der Waals surface area (Å²) in [6.07, 6.45) is 0. The second-order valence-electron chi connectivity index (χ2n) is 2.57. The number of aryl methyl sites for hydroxylation is 1. The lowest BCUT2D eigenvalue weighted by atomic mass is 10.1. The second kappa shape index (κ2) is 4.01. The average Bonchev–Trinajstić information content (AvgIpc) is 2.12. The van der Waals surface area contributed by atoms with Crippen LogP contribution in [0.25, 0.3) is 0 Å². The van der Waals surface area contributed by atoms with E-state index >= 15 is 0 Å². The number of hydrogen-bond donors (Lipinski definition) is 1. The Morgan fingerprint density at radius 1 is 1.62 bits per heavy atom. The van der Waals surface area contributed by atoms with Crippen molar-refractivity contribution in [2.75, 3.05) is 5.73 Å². The Labute approximate surface area is 82.1 Å². The van der Waals surface area contributed by atoms with Crippen molar-refractivity contribution in [3.05, 3.63) is 35.2 Å². The number of hydrogen-bond acceptors (Lipinski definition) is 3. The van der Waals surface area contributed by atoms with Gasteiger partial charge in [-0.05, 0) is 24.0 Å². The molecule has 0 fully saturated rings. The number of benzene rings is 1. The number of nitrogen functional groups attached to an aromatic ring is 1. The molecule has 0 aliphatic carbocycles. The molecule has 1 aromatic carbocycles. The third-order valence-electron chi connectivity index (χ3n) is 1.71. The standard InChI is InChI=1S/C10H10N2S/c1-3-13-10-7(2)4-5-8(6-11)9(10)12/h3-5H,1,12H2,2H3. The van der Waals surface area contributed by atoms with Crippen LogP contribution in [0, 0.1) is 18.3 Å². The maximum absolute atomic E-state index is 8.74. The number of nitriles is 1. The van der Waals surface area contributed by atoms with E-state index in [9.17, 15) is 0 Å². The van der Waals surface area contributed by atoms with Gasteiger partial charge in [-0.3, -0.25) is 0 Å². The van der Waals surface area contributed by atoms with Crippen molar-refractivity contribution in [1.82, 2.24) is 0 Å². The van der Waals surface area contributed by atoms with Crippen molar-refractivity contribution in [2.24, 2.45) is 0 Å². The van der Waals surface area contributed by atoms with E-state index in [1.165, 1.54) is 11.8 Å². The Balaban J connectivity index is 3.31. The minimum Gasteiger partial charge on any atom is -0.397 e. The zero-order chi connectivity index (χ0) is 9.84. The lowest BCUT2D eigenvalue weighted by Gasteiger charge is -2.07. The van der Waals surface area contributed by atoms with E-state index in [0.717, 1.165) is 10.5 Å². The molecule has 0 aromatic heterocycles. The maximum Gasteiger partial charge on any atom is 0.101 e. The van der Waals surface area contributed by atoms with Crippen molar-refractivity contribution in [2.45, 2.75) is 11.8 Å². The number of rotatable bonds is 2. The van der Waals surface area contributed by atoms with Crippen molar-refractivity contribution < 1.29 is 0 Å². The van der Waals surface area contributed by atoms with Gasteiger partial charge in [0.2, 0.25) is 0 Å². The average molecular weight is 190 g/mol. The Bertz CT molecular complexity index is 377. The van der Waals surface area contributed by atoms with E-state index in [4.69, 9.17) is 11.0 Å². The summed E-state index contributed by atoms with van der Waals surface area (Å²) in [5.41, 5.74) is 7.93. The molecule has 0 aliphatic heterocycles. The van der Waals surface area contributed by atoms with Crippen molar-refractivity contribution >= 4 is 17.4 Å². The third-order valence-corrected chi connectivity index (χ3v) is 2.66. The third kappa shape index (κ3) is 1.85. The molecule has 66 valence electrons. The molecule has 13 heavy (non-hydrogen) atoms. The van der Waals surface area contributed by atoms with Gasteiger partial charge in [-0.25, -0.2) is 0 Å². The molecule has 0 bridgehead atoms. The van der Waals surface area contributed by atoms with E-state index in [1.54, 1.807) is 11.5 Å². The summed E-state index contributed by atoms with van der Waals surface area (Å²) < 4.78 is 0. The highest BCUT2D eigenvalue weighted by Gasteiger charge is 2.06. The molecule has 1 aromatic rings. The zero-order valence-corrected chi connectivity index (χ0v) is 8.19. The molecule has 2 N–H and O–H groups in total. The van der Waals surface area contributed by atoms with Crippen molar-refractivity contribution in [1.29, 1.82) is 5.26 Å². The Hall–Kier alpha value is -1.40. The fraction of sp³-hybridized carbons (Fsp3) is 0.100. The van der Waals surface area contributed by atoms with Crippen LogP contribution in [-0.4, -0.2) is 0 Å². The van der Waals surface area contributed by atoms with Gasteiger partial charge in [-0.15, -0.1) is 0 Å². The zero-order valence-electron chi connectivity index (χ0n) is 7.37. The second-order valence-corrected chi connectivity index (χ2v) is 3.55. The molecule has 0 spiro atoms. The highest BCUT2D eigenvalue weighted by Crippen LogP contribution is 2.31. The largest absolute Gasteiger partial charge is 0.397 e. The van der Waals surface area contributed by atoms with E-state index in [1.807, 2.05) is 19.1 Å². The topological polar surface area (TPSA) is 49.8 Å². The first kappa shape index (κ1) is 9.69. The molecule has 0 amide bonds. The molecule has 0 unspecified atom stereocenters. The minimum absolute atomic E-state index is 0.523. The van der Waals surface area contributed by atoms with Gasteiger partial charge in [0.1, 0.15) is 6.07 Å². The summed E-state index contributed by atoms with van der Waals surface area (Å²) in [6.45, 7) is 5.58. The fourth-order valence-electron chi connectivity index (χ4n) is 1.05. The Kier molecular flexibility index (Phi) is 2.99. The summed E-state index contributed by atoms with van der Waals surface area (Å²) in [7, 11) is 0. The first-order valence-corrected chi connectivity index (χ1v) is 4.65. The molecular weight excluding hydrogens is 180 g/mol. The highest BCUT2D eigenvalue weighted by atomic mass is 32.2. The van der Waals surface area contributed by atoms with Gasteiger partial charge >= 0.3 is 0 Å². The lowest BCUT2D eigenvalue weighted by Crippen LogP contribution is -1.94. The van der Waals surface area contributed by atoms with Crippen LogP contribution in [0.2, 0.25) is 0 Å². The molecule has 0 saturated carbocycles. The summed E-state index contributed by atoms with van der Waals surface area (Å²) in [6, 6.07) is 5.67. The molecule has 0 aliphatic rings.